The summed E-state index contributed by atoms with van der Waals surface area (Å²) in [5.74, 6) is -0.194. The molecule has 25 heavy (non-hydrogen) atoms. The molecule has 0 radical (unpaired) electrons. The molecule has 1 unspecified atom stereocenters. The summed E-state index contributed by atoms with van der Waals surface area (Å²) in [5, 5.41) is 10.7. The molecular formula is C20H18N4O. The van der Waals surface area contributed by atoms with Crippen LogP contribution < -0.4 is 10.6 Å². The summed E-state index contributed by atoms with van der Waals surface area (Å²) in [6.07, 6.45) is 5.63. The number of benzene rings is 2. The maximum absolute atomic E-state index is 12.8. The first kappa shape index (κ1) is 15.2. The van der Waals surface area contributed by atoms with Gasteiger partial charge in [0.1, 0.15) is 5.69 Å². The van der Waals surface area contributed by atoms with E-state index in [1.54, 1.807) is 24.0 Å². The lowest BCUT2D eigenvalue weighted by Crippen LogP contribution is -2.51. The van der Waals surface area contributed by atoms with Crippen molar-refractivity contribution in [2.75, 3.05) is 5.32 Å². The largest absolute Gasteiger partial charge is 0.355 e. The Hall–Kier alpha value is -3.34. The molecule has 0 saturated heterocycles. The molecule has 4 rings (SSSR count). The van der Waals surface area contributed by atoms with Crippen molar-refractivity contribution in [3.63, 3.8) is 0 Å². The SMILES string of the molecule is Cn1nccc1C(=O)NC1(c2ccccc2)C=Cc2ccccc2N1. The number of hydrogen-bond donors (Lipinski definition) is 2. The first-order chi connectivity index (χ1) is 12.2. The fraction of sp³-hybridized carbons (Fsp3) is 0.100. The Labute approximate surface area is 146 Å². The molecular weight excluding hydrogens is 312 g/mol. The summed E-state index contributed by atoms with van der Waals surface area (Å²) in [6, 6.07) is 19.6. The molecule has 5 heteroatoms. The highest BCUT2D eigenvalue weighted by molar-refractivity contribution is 5.94. The van der Waals surface area contributed by atoms with Crippen molar-refractivity contribution in [1.82, 2.24) is 15.1 Å². The minimum absolute atomic E-state index is 0.194. The van der Waals surface area contributed by atoms with Crippen LogP contribution in [-0.2, 0) is 12.7 Å². The third kappa shape index (κ3) is 2.70. The minimum atomic E-state index is -0.822. The molecule has 0 aliphatic carbocycles. The fourth-order valence-electron chi connectivity index (χ4n) is 3.08. The van der Waals surface area contributed by atoms with Crippen molar-refractivity contribution in [3.8, 4) is 0 Å². The number of nitrogens with one attached hydrogen (secondary N) is 2. The van der Waals surface area contributed by atoms with E-state index in [-0.39, 0.29) is 5.91 Å². The summed E-state index contributed by atoms with van der Waals surface area (Å²) in [4.78, 5) is 12.8. The highest BCUT2D eigenvalue weighted by Gasteiger charge is 2.34. The first-order valence-electron chi connectivity index (χ1n) is 8.10. The Morgan fingerprint density at radius 3 is 2.60 bits per heavy atom. The average Bonchev–Trinajstić information content (AvgIpc) is 3.08. The molecule has 0 fully saturated rings. The van der Waals surface area contributed by atoms with Gasteiger partial charge >= 0.3 is 0 Å². The van der Waals surface area contributed by atoms with Crippen molar-refractivity contribution in [3.05, 3.63) is 89.8 Å². The Morgan fingerprint density at radius 1 is 1.08 bits per heavy atom. The summed E-state index contributed by atoms with van der Waals surface area (Å²) in [5.41, 5.74) is 2.69. The third-order valence-electron chi connectivity index (χ3n) is 4.40. The standard InChI is InChI=1S/C20H18N4O/c1-24-18(12-14-21-24)19(25)23-20(16-8-3-2-4-9-16)13-11-15-7-5-6-10-17(15)22-20/h2-14,22H,1H3,(H,23,25). The molecule has 2 heterocycles. The Balaban J connectivity index is 1.76. The predicted octanol–water partition coefficient (Wildman–Crippen LogP) is 3.14. The Bertz CT molecular complexity index is 945. The smallest absolute Gasteiger partial charge is 0.271 e. The second-order valence-electron chi connectivity index (χ2n) is 6.01. The lowest BCUT2D eigenvalue weighted by Gasteiger charge is -2.37. The minimum Gasteiger partial charge on any atom is -0.355 e. The molecule has 0 saturated carbocycles. The number of aromatic nitrogens is 2. The molecule has 1 aliphatic rings. The monoisotopic (exact) mass is 330 g/mol. The quantitative estimate of drug-likeness (QED) is 0.776. The van der Waals surface area contributed by atoms with E-state index in [0.717, 1.165) is 16.8 Å². The molecule has 2 aromatic carbocycles. The van der Waals surface area contributed by atoms with Gasteiger partial charge in [-0.3, -0.25) is 9.48 Å². The number of rotatable bonds is 3. The molecule has 1 atom stereocenters. The highest BCUT2D eigenvalue weighted by atomic mass is 16.2. The maximum Gasteiger partial charge on any atom is 0.271 e. The van der Waals surface area contributed by atoms with Gasteiger partial charge in [-0.05, 0) is 23.8 Å². The van der Waals surface area contributed by atoms with Gasteiger partial charge in [-0.15, -0.1) is 0 Å². The molecule has 1 aromatic heterocycles. The van der Waals surface area contributed by atoms with Crippen LogP contribution in [0.25, 0.3) is 6.08 Å². The molecule has 124 valence electrons. The van der Waals surface area contributed by atoms with Gasteiger partial charge < -0.3 is 10.6 Å². The number of amides is 1. The van der Waals surface area contributed by atoms with E-state index in [9.17, 15) is 4.79 Å². The van der Waals surface area contributed by atoms with E-state index in [1.165, 1.54) is 0 Å². The zero-order chi connectivity index (χ0) is 17.3. The van der Waals surface area contributed by atoms with E-state index in [1.807, 2.05) is 66.7 Å². The van der Waals surface area contributed by atoms with Crippen LogP contribution in [0.2, 0.25) is 0 Å². The lowest BCUT2D eigenvalue weighted by atomic mass is 9.93. The van der Waals surface area contributed by atoms with Gasteiger partial charge in [0.25, 0.3) is 5.91 Å². The molecule has 3 aromatic rings. The van der Waals surface area contributed by atoms with Gasteiger partial charge in [0.15, 0.2) is 5.66 Å². The number of anilines is 1. The fourth-order valence-corrected chi connectivity index (χ4v) is 3.08. The number of hydrogen-bond acceptors (Lipinski definition) is 3. The van der Waals surface area contributed by atoms with Gasteiger partial charge in [-0.1, -0.05) is 54.6 Å². The summed E-state index contributed by atoms with van der Waals surface area (Å²) in [7, 11) is 1.75. The second-order valence-corrected chi connectivity index (χ2v) is 6.01. The van der Waals surface area contributed by atoms with Crippen molar-refractivity contribution >= 4 is 17.7 Å². The first-order valence-corrected chi connectivity index (χ1v) is 8.10. The summed E-state index contributed by atoms with van der Waals surface area (Å²) >= 11 is 0. The van der Waals surface area contributed by atoms with Crippen LogP contribution in [0.4, 0.5) is 5.69 Å². The summed E-state index contributed by atoms with van der Waals surface area (Å²) in [6.45, 7) is 0. The van der Waals surface area contributed by atoms with Gasteiger partial charge in [0.05, 0.1) is 0 Å². The van der Waals surface area contributed by atoms with Crippen LogP contribution in [0.1, 0.15) is 21.6 Å². The zero-order valence-electron chi connectivity index (χ0n) is 13.8. The van der Waals surface area contributed by atoms with E-state index >= 15 is 0 Å². The third-order valence-corrected chi connectivity index (χ3v) is 4.40. The van der Waals surface area contributed by atoms with Crippen LogP contribution >= 0.6 is 0 Å². The molecule has 5 nitrogen and oxygen atoms in total. The summed E-state index contributed by atoms with van der Waals surface area (Å²) < 4.78 is 1.56. The number of aryl methyl sites for hydroxylation is 1. The van der Waals surface area contributed by atoms with Gasteiger partial charge in [-0.2, -0.15) is 5.10 Å². The number of fused-ring (bicyclic) bond motifs is 1. The number of nitrogens with zero attached hydrogens (tertiary/aromatic N) is 2. The molecule has 1 aliphatic heterocycles. The molecule has 0 spiro atoms. The van der Waals surface area contributed by atoms with Crippen molar-refractivity contribution in [2.24, 2.45) is 7.05 Å². The van der Waals surface area contributed by atoms with Crippen LogP contribution in [0.5, 0.6) is 0 Å². The van der Waals surface area contributed by atoms with Gasteiger partial charge in [0, 0.05) is 24.5 Å². The van der Waals surface area contributed by atoms with Crippen LogP contribution in [0.3, 0.4) is 0 Å². The number of carbonyl (C=O) groups is 1. The van der Waals surface area contributed by atoms with Crippen molar-refractivity contribution in [2.45, 2.75) is 5.66 Å². The van der Waals surface area contributed by atoms with Gasteiger partial charge in [0.2, 0.25) is 0 Å². The second kappa shape index (κ2) is 5.94. The number of para-hydroxylation sites is 1. The Morgan fingerprint density at radius 2 is 1.84 bits per heavy atom. The average molecular weight is 330 g/mol. The molecule has 2 N–H and O–H groups in total. The van der Waals surface area contributed by atoms with Gasteiger partial charge in [-0.25, -0.2) is 0 Å². The normalized spacial score (nSPS) is 18.3. The topological polar surface area (TPSA) is 59.0 Å². The molecule has 0 bridgehead atoms. The zero-order valence-corrected chi connectivity index (χ0v) is 13.8. The van der Waals surface area contributed by atoms with E-state index < -0.39 is 5.66 Å². The lowest BCUT2D eigenvalue weighted by molar-refractivity contribution is 0.0914. The molecule has 1 amide bonds. The van der Waals surface area contributed by atoms with Crippen LogP contribution in [0, 0.1) is 0 Å². The van der Waals surface area contributed by atoms with Crippen molar-refractivity contribution in [1.29, 1.82) is 0 Å². The van der Waals surface area contributed by atoms with Crippen molar-refractivity contribution < 1.29 is 4.79 Å². The number of carbonyl (C=O) groups excluding carboxylic acids is 1. The van der Waals surface area contributed by atoms with E-state index in [0.29, 0.717) is 5.69 Å². The van der Waals surface area contributed by atoms with E-state index in [4.69, 9.17) is 0 Å². The maximum atomic E-state index is 12.8. The highest BCUT2D eigenvalue weighted by Crippen LogP contribution is 2.33. The predicted molar refractivity (Wildman–Crippen MR) is 97.9 cm³/mol. The van der Waals surface area contributed by atoms with Crippen LogP contribution in [-0.4, -0.2) is 15.7 Å². The van der Waals surface area contributed by atoms with Crippen LogP contribution in [0.15, 0.2) is 72.9 Å². The van der Waals surface area contributed by atoms with E-state index in [2.05, 4.69) is 15.7 Å². The Kier molecular flexibility index (Phi) is 3.61.